The van der Waals surface area contributed by atoms with Gasteiger partial charge in [0, 0.05) is 50.5 Å². The number of urea groups is 1. The van der Waals surface area contributed by atoms with Crippen LogP contribution in [0.4, 0.5) is 16.2 Å². The number of nitro groups is 1. The van der Waals surface area contributed by atoms with E-state index in [0.29, 0.717) is 31.7 Å². The second kappa shape index (κ2) is 10.2. The fourth-order valence-electron chi connectivity index (χ4n) is 3.25. The van der Waals surface area contributed by atoms with Gasteiger partial charge in [0.05, 0.1) is 10.5 Å². The number of hydrogen-bond acceptors (Lipinski definition) is 7. The molecule has 2 aromatic rings. The molecule has 2 aromatic carbocycles. The van der Waals surface area contributed by atoms with Gasteiger partial charge in [-0.25, -0.2) is 9.59 Å². The molecule has 0 atom stereocenters. The summed E-state index contributed by atoms with van der Waals surface area (Å²) in [6.45, 7) is 1.93. The fraction of sp³-hybridized carbons (Fsp3) is 0.286. The Balaban J connectivity index is 1.44. The number of nitro benzene ring substituents is 1. The van der Waals surface area contributed by atoms with E-state index in [4.69, 9.17) is 10.5 Å². The van der Waals surface area contributed by atoms with Crippen molar-refractivity contribution in [3.8, 4) is 0 Å². The van der Waals surface area contributed by atoms with E-state index in [1.807, 2.05) is 4.90 Å². The first-order valence-corrected chi connectivity index (χ1v) is 9.90. The number of esters is 1. The summed E-state index contributed by atoms with van der Waals surface area (Å²) in [5.74, 6) is -0.902. The molecule has 0 bridgehead atoms. The molecule has 1 aliphatic rings. The molecular formula is C21H23N5O6. The van der Waals surface area contributed by atoms with Gasteiger partial charge in [0.1, 0.15) is 0 Å². The van der Waals surface area contributed by atoms with Crippen LogP contribution in [0.15, 0.2) is 48.5 Å². The number of nitrogens with one attached hydrogen (secondary N) is 1. The number of hydrogen-bond donors (Lipinski definition) is 2. The third-order valence-electron chi connectivity index (χ3n) is 5.04. The lowest BCUT2D eigenvalue weighted by atomic mass is 10.1. The number of non-ortho nitro benzene ring substituents is 1. The number of carbonyl (C=O) groups is 3. The van der Waals surface area contributed by atoms with Gasteiger partial charge in [0.25, 0.3) is 11.6 Å². The van der Waals surface area contributed by atoms with E-state index in [1.165, 1.54) is 12.1 Å². The molecule has 0 unspecified atom stereocenters. The molecule has 1 fully saturated rings. The molecule has 32 heavy (non-hydrogen) atoms. The zero-order chi connectivity index (χ0) is 23.1. The molecule has 0 aromatic heterocycles. The Bertz CT molecular complexity index is 985. The second-order valence-electron chi connectivity index (χ2n) is 7.13. The number of ether oxygens (including phenoxy) is 1. The highest BCUT2D eigenvalue weighted by Crippen LogP contribution is 2.20. The number of benzene rings is 2. The van der Waals surface area contributed by atoms with Crippen molar-refractivity contribution in [1.82, 2.24) is 10.2 Å². The van der Waals surface area contributed by atoms with Gasteiger partial charge >= 0.3 is 12.0 Å². The van der Waals surface area contributed by atoms with Crippen molar-refractivity contribution in [1.29, 1.82) is 0 Å². The zero-order valence-electron chi connectivity index (χ0n) is 17.2. The minimum atomic E-state index is -0.638. The minimum Gasteiger partial charge on any atom is -0.452 e. The van der Waals surface area contributed by atoms with Gasteiger partial charge in [0.2, 0.25) is 0 Å². The summed E-state index contributed by atoms with van der Waals surface area (Å²) in [6, 6.07) is 12.1. The van der Waals surface area contributed by atoms with Crippen LogP contribution in [0, 0.1) is 10.1 Å². The number of primary amides is 1. The minimum absolute atomic E-state index is 0.0290. The first kappa shape index (κ1) is 22.5. The molecule has 3 amide bonds. The number of carbonyl (C=O) groups excluding carboxylic acids is 3. The van der Waals surface area contributed by atoms with Crippen LogP contribution < -0.4 is 16.0 Å². The van der Waals surface area contributed by atoms with Crippen molar-refractivity contribution >= 4 is 29.3 Å². The Hall–Kier alpha value is -4.15. The average Bonchev–Trinajstić information content (AvgIpc) is 2.81. The largest absolute Gasteiger partial charge is 0.452 e. The monoisotopic (exact) mass is 441 g/mol. The van der Waals surface area contributed by atoms with Gasteiger partial charge in [-0.3, -0.25) is 14.9 Å². The first-order valence-electron chi connectivity index (χ1n) is 9.90. The van der Waals surface area contributed by atoms with Crippen molar-refractivity contribution in [2.24, 2.45) is 5.73 Å². The van der Waals surface area contributed by atoms with Crippen molar-refractivity contribution in [2.45, 2.75) is 6.54 Å². The van der Waals surface area contributed by atoms with Crippen molar-refractivity contribution < 1.29 is 24.0 Å². The van der Waals surface area contributed by atoms with E-state index in [9.17, 15) is 24.5 Å². The molecule has 0 saturated carbocycles. The molecule has 0 spiro atoms. The highest BCUT2D eigenvalue weighted by atomic mass is 16.6. The Kier molecular flexibility index (Phi) is 7.21. The molecule has 3 N–H and O–H groups in total. The van der Waals surface area contributed by atoms with Crippen LogP contribution in [0.5, 0.6) is 0 Å². The Morgan fingerprint density at radius 2 is 1.62 bits per heavy atom. The first-order chi connectivity index (χ1) is 15.3. The molecule has 1 saturated heterocycles. The molecular weight excluding hydrogens is 418 g/mol. The lowest BCUT2D eigenvalue weighted by Gasteiger charge is -2.36. The van der Waals surface area contributed by atoms with Gasteiger partial charge in [-0.2, -0.15) is 0 Å². The maximum absolute atomic E-state index is 12.4. The summed E-state index contributed by atoms with van der Waals surface area (Å²) in [5, 5.41) is 13.2. The normalized spacial score (nSPS) is 13.4. The molecule has 3 rings (SSSR count). The van der Waals surface area contributed by atoms with Crippen LogP contribution in [-0.2, 0) is 16.1 Å². The number of nitrogens with zero attached hydrogens (tertiary/aromatic N) is 3. The number of rotatable bonds is 7. The van der Waals surface area contributed by atoms with E-state index in [-0.39, 0.29) is 24.7 Å². The van der Waals surface area contributed by atoms with E-state index < -0.39 is 16.9 Å². The summed E-state index contributed by atoms with van der Waals surface area (Å²) in [6.07, 6.45) is 0. The molecule has 1 aliphatic heterocycles. The number of anilines is 1. The molecule has 0 radical (unpaired) electrons. The topological polar surface area (TPSA) is 148 Å². The Morgan fingerprint density at radius 3 is 2.19 bits per heavy atom. The van der Waals surface area contributed by atoms with Gasteiger partial charge in [0.15, 0.2) is 6.61 Å². The molecule has 168 valence electrons. The average molecular weight is 441 g/mol. The highest BCUT2D eigenvalue weighted by Gasteiger charge is 2.23. The lowest BCUT2D eigenvalue weighted by Crippen LogP contribution is -2.49. The summed E-state index contributed by atoms with van der Waals surface area (Å²) in [5.41, 5.74) is 6.96. The van der Waals surface area contributed by atoms with Crippen molar-refractivity contribution in [3.63, 3.8) is 0 Å². The maximum Gasteiger partial charge on any atom is 0.338 e. The smallest absolute Gasteiger partial charge is 0.338 e. The maximum atomic E-state index is 12.4. The van der Waals surface area contributed by atoms with Crippen LogP contribution in [-0.4, -0.2) is 60.5 Å². The molecule has 11 nitrogen and oxygen atoms in total. The summed E-state index contributed by atoms with van der Waals surface area (Å²) >= 11 is 0. The van der Waals surface area contributed by atoms with Crippen LogP contribution in [0.1, 0.15) is 15.9 Å². The van der Waals surface area contributed by atoms with Crippen LogP contribution in [0.3, 0.4) is 0 Å². The van der Waals surface area contributed by atoms with Gasteiger partial charge in [-0.1, -0.05) is 12.1 Å². The van der Waals surface area contributed by atoms with Crippen LogP contribution in [0.25, 0.3) is 0 Å². The predicted molar refractivity (Wildman–Crippen MR) is 115 cm³/mol. The summed E-state index contributed by atoms with van der Waals surface area (Å²) in [7, 11) is 0. The quantitative estimate of drug-likeness (QED) is 0.373. The van der Waals surface area contributed by atoms with E-state index >= 15 is 0 Å². The Morgan fingerprint density at radius 1 is 1.00 bits per heavy atom. The van der Waals surface area contributed by atoms with Gasteiger partial charge in [-0.15, -0.1) is 0 Å². The molecule has 1 heterocycles. The summed E-state index contributed by atoms with van der Waals surface area (Å²) in [4.78, 5) is 49.3. The third-order valence-corrected chi connectivity index (χ3v) is 5.04. The Labute approximate surface area is 183 Å². The number of nitrogens with two attached hydrogens (primary N) is 1. The van der Waals surface area contributed by atoms with Crippen molar-refractivity contribution in [3.05, 3.63) is 69.8 Å². The summed E-state index contributed by atoms with van der Waals surface area (Å²) < 4.78 is 5.13. The third kappa shape index (κ3) is 5.94. The molecule has 11 heteroatoms. The SMILES string of the molecule is NC(=O)NCc1ccc(C(=O)OCC(=O)N2CCN(c3ccc([N+](=O)[O-])cc3)CC2)cc1. The predicted octanol–water partition coefficient (Wildman–Crippen LogP) is 1.27. The van der Waals surface area contributed by atoms with Crippen LogP contribution >= 0.6 is 0 Å². The number of piperazine rings is 1. The standard InChI is InChI=1S/C21H23N5O6/c22-21(29)23-13-15-1-3-16(4-2-15)20(28)32-14-19(27)25-11-9-24(10-12-25)17-5-7-18(8-6-17)26(30)31/h1-8H,9-14H2,(H3,22,23,29). The highest BCUT2D eigenvalue weighted by molar-refractivity contribution is 5.91. The molecule has 0 aliphatic carbocycles. The number of amides is 3. The van der Waals surface area contributed by atoms with E-state index in [0.717, 1.165) is 11.3 Å². The van der Waals surface area contributed by atoms with Gasteiger partial charge in [-0.05, 0) is 29.8 Å². The van der Waals surface area contributed by atoms with E-state index in [1.54, 1.807) is 41.3 Å². The van der Waals surface area contributed by atoms with Gasteiger partial charge < -0.3 is 25.6 Å². The van der Waals surface area contributed by atoms with Crippen LogP contribution in [0.2, 0.25) is 0 Å². The second-order valence-corrected chi connectivity index (χ2v) is 7.13. The lowest BCUT2D eigenvalue weighted by molar-refractivity contribution is -0.384. The van der Waals surface area contributed by atoms with E-state index in [2.05, 4.69) is 5.32 Å². The fourth-order valence-corrected chi connectivity index (χ4v) is 3.25. The zero-order valence-corrected chi connectivity index (χ0v) is 17.2. The van der Waals surface area contributed by atoms with Crippen molar-refractivity contribution in [2.75, 3.05) is 37.7 Å².